The minimum absolute atomic E-state index is 0.0494. The third-order valence-electron chi connectivity index (χ3n) is 10.0. The summed E-state index contributed by atoms with van der Waals surface area (Å²) >= 11 is 0. The summed E-state index contributed by atoms with van der Waals surface area (Å²) < 4.78 is 294. The zero-order chi connectivity index (χ0) is 50.5. The average Bonchev–Trinajstić information content (AvgIpc) is 3.29. The number of nitro groups is 1. The minimum Gasteiger partial charge on any atom is -0.289 e. The monoisotopic (exact) mass is 995 g/mol. The Bertz CT molecular complexity index is 2630. The molecular formula is C41H18BF20NO3S. The van der Waals surface area contributed by atoms with Crippen molar-refractivity contribution in [3.63, 3.8) is 0 Å². The van der Waals surface area contributed by atoms with Gasteiger partial charge in [-0.25, -0.2) is 87.8 Å². The van der Waals surface area contributed by atoms with Crippen molar-refractivity contribution in [3.8, 4) is 0 Å². The summed E-state index contributed by atoms with van der Waals surface area (Å²) in [6, 6.07) is 14.8. The first-order valence-corrected chi connectivity index (χ1v) is 19.4. The highest BCUT2D eigenvalue weighted by molar-refractivity contribution is 7.97. The lowest BCUT2D eigenvalue weighted by atomic mass is 9.12. The van der Waals surface area contributed by atoms with Crippen LogP contribution in [0.4, 0.5) is 87.8 Å². The molecular weight excluding hydrogens is 977 g/mol. The van der Waals surface area contributed by atoms with E-state index >= 15 is 35.1 Å². The Morgan fingerprint density at radius 2 is 0.746 bits per heavy atom. The van der Waals surface area contributed by atoms with Crippen LogP contribution in [-0.2, 0) is 10.9 Å². The predicted molar refractivity (Wildman–Crippen MR) is 198 cm³/mol. The maximum absolute atomic E-state index is 15.4. The molecule has 1 unspecified atom stereocenters. The molecule has 0 aliphatic heterocycles. The van der Waals surface area contributed by atoms with Crippen LogP contribution in [-0.4, -0.2) is 28.5 Å². The predicted octanol–water partition coefficient (Wildman–Crippen LogP) is 9.24. The van der Waals surface area contributed by atoms with Crippen LogP contribution in [0.5, 0.6) is 0 Å². The van der Waals surface area contributed by atoms with Gasteiger partial charge in [-0.1, -0.05) is 42.5 Å². The number of hydrogen-bond acceptors (Lipinski definition) is 3. The van der Waals surface area contributed by atoms with E-state index in [4.69, 9.17) is 0 Å². The van der Waals surface area contributed by atoms with E-state index < -0.39 is 155 Å². The van der Waals surface area contributed by atoms with Crippen LogP contribution in [0.15, 0.2) is 53.4 Å². The largest absolute Gasteiger partial charge is 0.356 e. The van der Waals surface area contributed by atoms with Gasteiger partial charge in [0, 0.05) is 11.1 Å². The summed E-state index contributed by atoms with van der Waals surface area (Å²) in [6.07, 6.45) is -7.22. The number of carbonyl (C=O) groups excluding carboxylic acids is 1. The maximum Gasteiger partial charge on any atom is 0.356 e. The Hall–Kier alpha value is -6.60. The van der Waals surface area contributed by atoms with Gasteiger partial charge in [0.15, 0.2) is 80.5 Å². The quantitative estimate of drug-likeness (QED) is 0.0201. The van der Waals surface area contributed by atoms with Crippen LogP contribution < -0.4 is 21.9 Å². The number of ketones is 1. The highest BCUT2D eigenvalue weighted by Gasteiger charge is 2.52. The van der Waals surface area contributed by atoms with Crippen LogP contribution in [0.2, 0.25) is 0 Å². The van der Waals surface area contributed by atoms with E-state index in [-0.39, 0.29) is 22.3 Å². The fraction of sp³-hybridized carbons (Fsp3) is 0.0976. The standard InChI is InChI=1S/C24BF20.C17H18NO3S/c26-5-1(6(27)14(35)21(42)13(5)34)25(2-7(28)15(36)22(43)16(37)8(2)29,3-9(30)17(38)23(44)18(39)10(3)31)4-11(32)19(40)24(45)20(41)12(4)33;1-13-8-9-14(2)17(10-13)22(12-18(20)21)11-16(19)15-6-4-3-5-7-15/h;3-10H,11-12H2,1-2H3/q-1;+1. The first-order chi connectivity index (χ1) is 31.2. The molecule has 0 aliphatic rings. The number of aryl methyl sites for hydroxylation is 2. The molecule has 0 radical (unpaired) electrons. The van der Waals surface area contributed by atoms with Crippen LogP contribution in [0.25, 0.3) is 0 Å². The van der Waals surface area contributed by atoms with Gasteiger partial charge in [-0.05, 0) is 25.5 Å². The first-order valence-electron chi connectivity index (χ1n) is 17.9. The van der Waals surface area contributed by atoms with Gasteiger partial charge in [0.25, 0.3) is 0 Å². The zero-order valence-corrected chi connectivity index (χ0v) is 33.6. The second kappa shape index (κ2) is 19.3. The van der Waals surface area contributed by atoms with Crippen molar-refractivity contribution in [2.45, 2.75) is 18.7 Å². The number of rotatable bonds is 10. The lowest BCUT2D eigenvalue weighted by molar-refractivity contribution is -0.457. The van der Waals surface area contributed by atoms with Crippen molar-refractivity contribution in [1.29, 1.82) is 0 Å². The third kappa shape index (κ3) is 8.65. The summed E-state index contributed by atoms with van der Waals surface area (Å²) in [5.41, 5.74) is -11.7. The molecule has 0 amide bonds. The zero-order valence-electron chi connectivity index (χ0n) is 32.7. The Labute approximate surface area is 363 Å². The molecule has 6 rings (SSSR count). The Kier molecular flexibility index (Phi) is 14.8. The molecule has 0 saturated heterocycles. The molecule has 6 aromatic rings. The number of halogens is 20. The third-order valence-corrected chi connectivity index (χ3v) is 12.2. The van der Waals surface area contributed by atoms with Gasteiger partial charge in [-0.15, -0.1) is 21.9 Å². The molecule has 0 N–H and O–H groups in total. The molecule has 67 heavy (non-hydrogen) atoms. The molecule has 6 aromatic carbocycles. The van der Waals surface area contributed by atoms with Gasteiger partial charge >= 0.3 is 5.88 Å². The van der Waals surface area contributed by atoms with Crippen LogP contribution >= 0.6 is 0 Å². The van der Waals surface area contributed by atoms with Crippen LogP contribution in [0.1, 0.15) is 21.5 Å². The van der Waals surface area contributed by atoms with E-state index in [9.17, 15) is 67.6 Å². The Balaban J connectivity index is 0.000000319. The van der Waals surface area contributed by atoms with E-state index in [1.807, 2.05) is 38.1 Å². The van der Waals surface area contributed by atoms with Crippen molar-refractivity contribution in [3.05, 3.63) is 192 Å². The summed E-state index contributed by atoms with van der Waals surface area (Å²) in [5.74, 6) is -71.5. The topological polar surface area (TPSA) is 60.2 Å². The van der Waals surface area contributed by atoms with Gasteiger partial charge in [0.05, 0.1) is 4.92 Å². The second-order valence-electron chi connectivity index (χ2n) is 14.0. The molecule has 354 valence electrons. The van der Waals surface area contributed by atoms with E-state index in [1.165, 1.54) is 0 Å². The van der Waals surface area contributed by atoms with Crippen molar-refractivity contribution in [1.82, 2.24) is 0 Å². The van der Waals surface area contributed by atoms with Crippen LogP contribution in [0, 0.1) is 140 Å². The summed E-state index contributed by atoms with van der Waals surface area (Å²) in [7, 11) is -0.719. The molecule has 1 atom stereocenters. The maximum atomic E-state index is 15.4. The molecule has 0 heterocycles. The molecule has 0 spiro atoms. The van der Waals surface area contributed by atoms with Crippen molar-refractivity contribution in [2.24, 2.45) is 0 Å². The van der Waals surface area contributed by atoms with Crippen molar-refractivity contribution < 1.29 is 97.5 Å². The molecule has 0 bridgehead atoms. The molecule has 0 aromatic heterocycles. The molecule has 4 nitrogen and oxygen atoms in total. The van der Waals surface area contributed by atoms with Gasteiger partial charge < -0.3 is 0 Å². The number of nitrogens with zero attached hydrogens (tertiary/aromatic N) is 1. The van der Waals surface area contributed by atoms with E-state index in [1.54, 1.807) is 24.3 Å². The lowest BCUT2D eigenvalue weighted by Gasteiger charge is -2.44. The summed E-state index contributed by atoms with van der Waals surface area (Å²) in [6.45, 7) is 3.89. The molecule has 0 saturated carbocycles. The van der Waals surface area contributed by atoms with Crippen molar-refractivity contribution >= 4 is 44.7 Å². The first kappa shape index (κ1) is 51.4. The fourth-order valence-corrected chi connectivity index (χ4v) is 9.08. The second-order valence-corrected chi connectivity index (χ2v) is 15.9. The molecule has 26 heteroatoms. The summed E-state index contributed by atoms with van der Waals surface area (Å²) in [5, 5.41) is 11.0. The molecule has 0 fully saturated rings. The van der Waals surface area contributed by atoms with Crippen LogP contribution in [0.3, 0.4) is 0 Å². The molecule has 0 aliphatic carbocycles. The number of Topliss-reactive ketones (excluding diaryl/α,β-unsaturated/α-hetero) is 1. The smallest absolute Gasteiger partial charge is 0.289 e. The van der Waals surface area contributed by atoms with Gasteiger partial charge in [0.2, 0.25) is 5.78 Å². The highest BCUT2D eigenvalue weighted by Crippen LogP contribution is 2.31. The fourth-order valence-electron chi connectivity index (χ4n) is 7.08. The lowest BCUT2D eigenvalue weighted by Crippen LogP contribution is -2.81. The number of carbonyl (C=O) groups is 1. The summed E-state index contributed by atoms with van der Waals surface area (Å²) in [4.78, 5) is 24.0. The van der Waals surface area contributed by atoms with Gasteiger partial charge in [-0.3, -0.25) is 14.9 Å². The Morgan fingerprint density at radius 3 is 1.03 bits per heavy atom. The average molecular weight is 995 g/mol. The minimum atomic E-state index is -7.22. The Morgan fingerprint density at radius 1 is 0.463 bits per heavy atom. The van der Waals surface area contributed by atoms with Gasteiger partial charge in [-0.2, -0.15) is 0 Å². The normalized spacial score (nSPS) is 12.0. The van der Waals surface area contributed by atoms with E-state index in [0.717, 1.165) is 16.0 Å². The number of hydrogen-bond donors (Lipinski definition) is 0. The van der Waals surface area contributed by atoms with Gasteiger partial charge in [0.1, 0.15) is 63.6 Å². The highest BCUT2D eigenvalue weighted by atomic mass is 32.2. The van der Waals surface area contributed by atoms with E-state index in [0.29, 0.717) is 5.56 Å². The SMILES string of the molecule is Cc1ccc(C)c([S+](CC(=O)c2ccccc2)C[N+](=O)[O-])c1.Fc1c(F)c(F)c([B-](c2c(F)c(F)c(F)c(F)c2F)(c2c(F)c(F)c(F)c(F)c2F)c2c(F)c(F)c(F)c(F)c2F)c(F)c1F. The van der Waals surface area contributed by atoms with Crippen molar-refractivity contribution in [2.75, 3.05) is 11.6 Å². The van der Waals surface area contributed by atoms with E-state index in [2.05, 4.69) is 0 Å². The number of benzene rings is 6.